The fourth-order valence-corrected chi connectivity index (χ4v) is 2.09. The van der Waals surface area contributed by atoms with Crippen molar-refractivity contribution in [3.05, 3.63) is 39.0 Å². The van der Waals surface area contributed by atoms with Crippen LogP contribution < -0.4 is 16.4 Å². The molecular formula is C10H11N5O2S. The maximum atomic E-state index is 11.2. The maximum absolute atomic E-state index is 11.2. The van der Waals surface area contributed by atoms with E-state index in [4.69, 9.17) is 0 Å². The van der Waals surface area contributed by atoms with Gasteiger partial charge in [0.2, 0.25) is 0 Å². The molecular weight excluding hydrogens is 254 g/mol. The van der Waals surface area contributed by atoms with E-state index in [-0.39, 0.29) is 0 Å². The predicted molar refractivity (Wildman–Crippen MR) is 68.0 cm³/mol. The standard InChI is InChI=1S/C10H11N5O2S/c1-11-7-5-6(3-4-12-7)18-10-13-8(16)9(17)14-15(10)2/h3-5H,1-2H3,(H,11,12)(H,14,17). The van der Waals surface area contributed by atoms with Crippen LogP contribution >= 0.6 is 11.8 Å². The van der Waals surface area contributed by atoms with Crippen LogP contribution in [-0.2, 0) is 7.05 Å². The first-order valence-corrected chi connectivity index (χ1v) is 5.91. The zero-order valence-electron chi connectivity index (χ0n) is 9.80. The highest BCUT2D eigenvalue weighted by molar-refractivity contribution is 7.99. The second kappa shape index (κ2) is 5.05. The largest absolute Gasteiger partial charge is 0.373 e. The number of pyridine rings is 1. The summed E-state index contributed by atoms with van der Waals surface area (Å²) in [5.74, 6) is 0.717. The van der Waals surface area contributed by atoms with E-state index in [1.54, 1.807) is 26.4 Å². The summed E-state index contributed by atoms with van der Waals surface area (Å²) in [6.45, 7) is 0. The Balaban J connectivity index is 2.36. The number of nitrogens with zero attached hydrogens (tertiary/aromatic N) is 3. The minimum absolute atomic E-state index is 0.410. The Labute approximate surface area is 106 Å². The molecule has 0 aliphatic carbocycles. The molecule has 0 bridgehead atoms. The molecule has 0 aliphatic heterocycles. The lowest BCUT2D eigenvalue weighted by Crippen LogP contribution is -2.33. The molecule has 0 fully saturated rings. The molecule has 18 heavy (non-hydrogen) atoms. The third kappa shape index (κ3) is 2.59. The van der Waals surface area contributed by atoms with Crippen molar-refractivity contribution in [2.75, 3.05) is 12.4 Å². The third-order valence-electron chi connectivity index (χ3n) is 2.14. The van der Waals surface area contributed by atoms with Gasteiger partial charge in [-0.2, -0.15) is 4.98 Å². The molecule has 0 aromatic carbocycles. The van der Waals surface area contributed by atoms with Crippen LogP contribution in [0.3, 0.4) is 0 Å². The third-order valence-corrected chi connectivity index (χ3v) is 3.18. The second-order valence-electron chi connectivity index (χ2n) is 3.43. The number of nitrogens with one attached hydrogen (secondary N) is 2. The monoisotopic (exact) mass is 265 g/mol. The first-order valence-electron chi connectivity index (χ1n) is 5.09. The molecule has 2 rings (SSSR count). The van der Waals surface area contributed by atoms with E-state index < -0.39 is 11.1 Å². The Hall–Kier alpha value is -2.09. The van der Waals surface area contributed by atoms with E-state index in [0.717, 1.165) is 10.7 Å². The van der Waals surface area contributed by atoms with Crippen LogP contribution in [0, 0.1) is 0 Å². The smallest absolute Gasteiger partial charge is 0.339 e. The summed E-state index contributed by atoms with van der Waals surface area (Å²) >= 11 is 1.27. The van der Waals surface area contributed by atoms with Crippen molar-refractivity contribution in [3.8, 4) is 0 Å². The molecule has 2 aromatic rings. The van der Waals surface area contributed by atoms with E-state index >= 15 is 0 Å². The number of hydrogen-bond donors (Lipinski definition) is 2. The van der Waals surface area contributed by atoms with E-state index in [0.29, 0.717) is 5.16 Å². The molecule has 0 saturated carbocycles. The van der Waals surface area contributed by atoms with Crippen molar-refractivity contribution >= 4 is 17.6 Å². The minimum Gasteiger partial charge on any atom is -0.373 e. The van der Waals surface area contributed by atoms with Gasteiger partial charge in [0.15, 0.2) is 5.16 Å². The number of hydrogen-bond acceptors (Lipinski definition) is 6. The SMILES string of the molecule is CNc1cc(Sc2nc(=O)c(=O)[nH]n2C)ccn1. The van der Waals surface area contributed by atoms with E-state index in [9.17, 15) is 9.59 Å². The predicted octanol–water partition coefficient (Wildman–Crippen LogP) is 0.0565. The quantitative estimate of drug-likeness (QED) is 0.762. The zero-order valence-corrected chi connectivity index (χ0v) is 10.6. The Morgan fingerprint density at radius 3 is 2.94 bits per heavy atom. The van der Waals surface area contributed by atoms with E-state index in [1.807, 2.05) is 6.07 Å². The van der Waals surface area contributed by atoms with Gasteiger partial charge in [0.1, 0.15) is 5.82 Å². The van der Waals surface area contributed by atoms with Crippen LogP contribution in [0.5, 0.6) is 0 Å². The van der Waals surface area contributed by atoms with Crippen molar-refractivity contribution in [2.45, 2.75) is 10.1 Å². The van der Waals surface area contributed by atoms with Gasteiger partial charge in [-0.15, -0.1) is 0 Å². The van der Waals surface area contributed by atoms with Crippen LogP contribution in [0.1, 0.15) is 0 Å². The highest BCUT2D eigenvalue weighted by Crippen LogP contribution is 2.25. The number of aromatic amines is 1. The van der Waals surface area contributed by atoms with Gasteiger partial charge in [-0.25, -0.2) is 4.98 Å². The van der Waals surface area contributed by atoms with Gasteiger partial charge < -0.3 is 5.32 Å². The van der Waals surface area contributed by atoms with Crippen molar-refractivity contribution in [2.24, 2.45) is 7.05 Å². The lowest BCUT2D eigenvalue weighted by molar-refractivity contribution is 0.596. The molecule has 8 heteroatoms. The number of anilines is 1. The minimum atomic E-state index is -0.793. The molecule has 0 radical (unpaired) electrons. The summed E-state index contributed by atoms with van der Waals surface area (Å²) in [6, 6.07) is 3.62. The fraction of sp³-hybridized carbons (Fsp3) is 0.200. The van der Waals surface area contributed by atoms with E-state index in [2.05, 4.69) is 20.4 Å². The van der Waals surface area contributed by atoms with Gasteiger partial charge in [0.05, 0.1) is 0 Å². The molecule has 0 atom stereocenters. The molecule has 0 amide bonds. The molecule has 2 heterocycles. The average Bonchev–Trinajstić information content (AvgIpc) is 2.36. The second-order valence-corrected chi connectivity index (χ2v) is 4.47. The summed E-state index contributed by atoms with van der Waals surface area (Å²) < 4.78 is 1.41. The normalized spacial score (nSPS) is 10.3. The van der Waals surface area contributed by atoms with Gasteiger partial charge in [-0.1, -0.05) is 0 Å². The number of H-pyrrole nitrogens is 1. The summed E-state index contributed by atoms with van der Waals surface area (Å²) in [6.07, 6.45) is 1.65. The summed E-state index contributed by atoms with van der Waals surface area (Å²) in [5.41, 5.74) is -1.52. The molecule has 2 N–H and O–H groups in total. The summed E-state index contributed by atoms with van der Waals surface area (Å²) in [7, 11) is 3.39. The van der Waals surface area contributed by atoms with Crippen LogP contribution in [0.4, 0.5) is 5.82 Å². The van der Waals surface area contributed by atoms with Crippen LogP contribution in [0.25, 0.3) is 0 Å². The van der Waals surface area contributed by atoms with Crippen molar-refractivity contribution in [1.29, 1.82) is 0 Å². The van der Waals surface area contributed by atoms with Gasteiger partial charge in [0, 0.05) is 25.2 Å². The molecule has 2 aromatic heterocycles. The van der Waals surface area contributed by atoms with Crippen molar-refractivity contribution in [3.63, 3.8) is 0 Å². The first-order chi connectivity index (χ1) is 8.60. The molecule has 0 saturated heterocycles. The Morgan fingerprint density at radius 2 is 2.22 bits per heavy atom. The number of rotatable bonds is 3. The maximum Gasteiger partial charge on any atom is 0.339 e. The number of aryl methyl sites for hydroxylation is 1. The van der Waals surface area contributed by atoms with Gasteiger partial charge in [-0.3, -0.25) is 19.4 Å². The fourth-order valence-electron chi connectivity index (χ4n) is 1.27. The lowest BCUT2D eigenvalue weighted by Gasteiger charge is -2.06. The molecule has 0 unspecified atom stereocenters. The first kappa shape index (κ1) is 12.4. The van der Waals surface area contributed by atoms with Crippen molar-refractivity contribution < 1.29 is 0 Å². The van der Waals surface area contributed by atoms with Crippen LogP contribution in [-0.4, -0.2) is 26.8 Å². The van der Waals surface area contributed by atoms with Crippen molar-refractivity contribution in [1.82, 2.24) is 19.7 Å². The molecule has 94 valence electrons. The Kier molecular flexibility index (Phi) is 3.47. The molecule has 7 nitrogen and oxygen atoms in total. The topological polar surface area (TPSA) is 92.7 Å². The Morgan fingerprint density at radius 1 is 1.44 bits per heavy atom. The highest BCUT2D eigenvalue weighted by atomic mass is 32.2. The van der Waals surface area contributed by atoms with Crippen LogP contribution in [0.15, 0.2) is 38.0 Å². The molecule has 0 spiro atoms. The molecule has 0 aliphatic rings. The zero-order chi connectivity index (χ0) is 13.1. The average molecular weight is 265 g/mol. The highest BCUT2D eigenvalue weighted by Gasteiger charge is 2.06. The number of aromatic nitrogens is 4. The summed E-state index contributed by atoms with van der Waals surface area (Å²) in [4.78, 5) is 30.9. The Bertz CT molecular complexity index is 678. The van der Waals surface area contributed by atoms with Crippen LogP contribution in [0.2, 0.25) is 0 Å². The lowest BCUT2D eigenvalue weighted by atomic mass is 10.5. The van der Waals surface area contributed by atoms with Gasteiger partial charge >= 0.3 is 11.1 Å². The van der Waals surface area contributed by atoms with Gasteiger partial charge in [-0.05, 0) is 23.9 Å². The summed E-state index contributed by atoms with van der Waals surface area (Å²) in [5, 5.41) is 5.72. The van der Waals surface area contributed by atoms with Gasteiger partial charge in [0.25, 0.3) is 0 Å². The van der Waals surface area contributed by atoms with E-state index in [1.165, 1.54) is 16.4 Å².